The topological polar surface area (TPSA) is 90.2 Å². The number of rotatable bonds is 7. The van der Waals surface area contributed by atoms with Crippen LogP contribution in [0.1, 0.15) is 36.8 Å². The molecule has 3 aromatic rings. The Kier molecular flexibility index (Phi) is 5.83. The number of hydrogen-bond acceptors (Lipinski definition) is 6. The number of ether oxygens (including phenoxy) is 1. The van der Waals surface area contributed by atoms with Crippen molar-refractivity contribution in [1.29, 1.82) is 0 Å². The number of sulfonamides is 1. The Hall–Kier alpha value is -2.78. The second kappa shape index (κ2) is 8.53. The van der Waals surface area contributed by atoms with Gasteiger partial charge in [0.25, 0.3) is 0 Å². The molecule has 0 atom stereocenters. The molecule has 0 N–H and O–H groups in total. The van der Waals surface area contributed by atoms with E-state index in [1.165, 1.54) is 11.0 Å². The van der Waals surface area contributed by atoms with Crippen molar-refractivity contribution >= 4 is 10.0 Å². The predicted octanol–water partition coefficient (Wildman–Crippen LogP) is 3.11. The van der Waals surface area contributed by atoms with Crippen LogP contribution >= 0.6 is 0 Å². The molecule has 158 valence electrons. The summed E-state index contributed by atoms with van der Waals surface area (Å²) in [6.45, 7) is 2.14. The SMILES string of the molecule is COc1ccccc1CN(C1CCCC1)S(=O)(=O)c1ccc(-n2cnnn2)c(C)c1. The Bertz CT molecular complexity index is 1110. The summed E-state index contributed by atoms with van der Waals surface area (Å²) in [6.07, 6.45) is 5.31. The van der Waals surface area contributed by atoms with Gasteiger partial charge in [-0.3, -0.25) is 0 Å². The Morgan fingerprint density at radius 1 is 1.17 bits per heavy atom. The first-order chi connectivity index (χ1) is 14.5. The van der Waals surface area contributed by atoms with Gasteiger partial charge in [-0.15, -0.1) is 5.10 Å². The third kappa shape index (κ3) is 3.95. The molecule has 9 heteroatoms. The molecule has 0 aliphatic heterocycles. The summed E-state index contributed by atoms with van der Waals surface area (Å²) >= 11 is 0. The average Bonchev–Trinajstić information content (AvgIpc) is 3.46. The number of methoxy groups -OCH3 is 1. The maximum Gasteiger partial charge on any atom is 0.243 e. The van der Waals surface area contributed by atoms with Crippen LogP contribution in [-0.4, -0.2) is 46.1 Å². The van der Waals surface area contributed by atoms with Crippen LogP contribution in [0.4, 0.5) is 0 Å². The first-order valence-electron chi connectivity index (χ1n) is 9.98. The van der Waals surface area contributed by atoms with Crippen molar-refractivity contribution in [2.75, 3.05) is 7.11 Å². The molecule has 0 amide bonds. The molecule has 1 heterocycles. The molecule has 1 aromatic heterocycles. The minimum absolute atomic E-state index is 0.0144. The van der Waals surface area contributed by atoms with E-state index < -0.39 is 10.0 Å². The lowest BCUT2D eigenvalue weighted by molar-refractivity contribution is 0.309. The van der Waals surface area contributed by atoms with E-state index in [-0.39, 0.29) is 17.5 Å². The molecule has 1 saturated carbocycles. The highest BCUT2D eigenvalue weighted by atomic mass is 32.2. The molecule has 2 aromatic carbocycles. The molecular formula is C21H25N5O3S. The first kappa shape index (κ1) is 20.5. The van der Waals surface area contributed by atoms with E-state index in [9.17, 15) is 8.42 Å². The van der Waals surface area contributed by atoms with Crippen molar-refractivity contribution in [2.24, 2.45) is 0 Å². The quantitative estimate of drug-likeness (QED) is 0.575. The Morgan fingerprint density at radius 3 is 2.60 bits per heavy atom. The lowest BCUT2D eigenvalue weighted by Crippen LogP contribution is -2.38. The van der Waals surface area contributed by atoms with E-state index in [0.717, 1.165) is 42.5 Å². The molecule has 0 spiro atoms. The molecule has 1 aliphatic carbocycles. The summed E-state index contributed by atoms with van der Waals surface area (Å²) in [5.74, 6) is 0.695. The van der Waals surface area contributed by atoms with Crippen LogP contribution in [-0.2, 0) is 16.6 Å². The second-order valence-corrected chi connectivity index (χ2v) is 9.39. The van der Waals surface area contributed by atoms with Crippen LogP contribution in [0.5, 0.6) is 5.75 Å². The molecule has 8 nitrogen and oxygen atoms in total. The summed E-state index contributed by atoms with van der Waals surface area (Å²) in [5.41, 5.74) is 2.39. The Labute approximate surface area is 176 Å². The molecule has 1 fully saturated rings. The Balaban J connectivity index is 1.71. The van der Waals surface area contributed by atoms with Crippen molar-refractivity contribution in [1.82, 2.24) is 24.5 Å². The van der Waals surface area contributed by atoms with E-state index in [4.69, 9.17) is 4.74 Å². The van der Waals surface area contributed by atoms with Crippen LogP contribution in [0.25, 0.3) is 5.69 Å². The summed E-state index contributed by atoms with van der Waals surface area (Å²) in [5, 5.41) is 11.2. The van der Waals surface area contributed by atoms with Crippen LogP contribution in [0.2, 0.25) is 0 Å². The zero-order valence-corrected chi connectivity index (χ0v) is 17.9. The number of hydrogen-bond donors (Lipinski definition) is 0. The van der Waals surface area contributed by atoms with Gasteiger partial charge in [0.2, 0.25) is 10.0 Å². The minimum atomic E-state index is -3.70. The molecule has 0 radical (unpaired) electrons. The standard InChI is InChI=1S/C21H25N5O3S/c1-16-13-19(11-12-20(16)25-15-22-23-24-25)30(27,28)26(18-8-4-5-9-18)14-17-7-3-6-10-21(17)29-2/h3,6-7,10-13,15,18H,4-5,8-9,14H2,1-2H3. The normalized spacial score (nSPS) is 15.0. The summed E-state index contributed by atoms with van der Waals surface area (Å²) < 4.78 is 36.0. The Morgan fingerprint density at radius 2 is 1.93 bits per heavy atom. The zero-order chi connectivity index (χ0) is 21.1. The van der Waals surface area contributed by atoms with Crippen molar-refractivity contribution in [3.63, 3.8) is 0 Å². The van der Waals surface area contributed by atoms with E-state index in [2.05, 4.69) is 15.5 Å². The first-order valence-corrected chi connectivity index (χ1v) is 11.4. The van der Waals surface area contributed by atoms with Gasteiger partial charge in [-0.25, -0.2) is 13.1 Å². The van der Waals surface area contributed by atoms with Crippen molar-refractivity contribution < 1.29 is 13.2 Å². The van der Waals surface area contributed by atoms with E-state index >= 15 is 0 Å². The fourth-order valence-electron chi connectivity index (χ4n) is 4.06. The van der Waals surface area contributed by atoms with Gasteiger partial charge in [0.05, 0.1) is 17.7 Å². The summed E-state index contributed by atoms with van der Waals surface area (Å²) in [7, 11) is -2.09. The molecule has 0 unspecified atom stereocenters. The lowest BCUT2D eigenvalue weighted by Gasteiger charge is -2.29. The molecule has 1 aliphatic rings. The third-order valence-electron chi connectivity index (χ3n) is 5.62. The highest BCUT2D eigenvalue weighted by Crippen LogP contribution is 2.32. The molecular weight excluding hydrogens is 402 g/mol. The zero-order valence-electron chi connectivity index (χ0n) is 17.1. The minimum Gasteiger partial charge on any atom is -0.496 e. The maximum atomic E-state index is 13.7. The average molecular weight is 428 g/mol. The largest absolute Gasteiger partial charge is 0.496 e. The monoisotopic (exact) mass is 427 g/mol. The summed E-state index contributed by atoms with van der Waals surface area (Å²) in [4.78, 5) is 0.277. The van der Waals surface area contributed by atoms with Crippen molar-refractivity contribution in [2.45, 2.75) is 50.1 Å². The smallest absolute Gasteiger partial charge is 0.243 e. The number of tetrazole rings is 1. The van der Waals surface area contributed by atoms with E-state index in [1.807, 2.05) is 31.2 Å². The maximum absolute atomic E-state index is 13.7. The van der Waals surface area contributed by atoms with Gasteiger partial charge in [-0.2, -0.15) is 4.31 Å². The summed E-state index contributed by atoms with van der Waals surface area (Å²) in [6, 6.07) is 12.6. The number of para-hydroxylation sites is 1. The van der Waals surface area contributed by atoms with Gasteiger partial charge in [-0.05, 0) is 60.0 Å². The fourth-order valence-corrected chi connectivity index (χ4v) is 5.81. The second-order valence-electron chi connectivity index (χ2n) is 7.50. The van der Waals surface area contributed by atoms with Crippen molar-refractivity contribution in [3.8, 4) is 11.4 Å². The molecule has 4 rings (SSSR count). The fraction of sp³-hybridized carbons (Fsp3) is 0.381. The van der Waals surface area contributed by atoms with Gasteiger partial charge in [0.1, 0.15) is 12.1 Å². The lowest BCUT2D eigenvalue weighted by atomic mass is 10.1. The van der Waals surface area contributed by atoms with Crippen molar-refractivity contribution in [3.05, 3.63) is 59.9 Å². The van der Waals surface area contributed by atoms with Gasteiger partial charge >= 0.3 is 0 Å². The predicted molar refractivity (Wildman–Crippen MR) is 112 cm³/mol. The molecule has 0 bridgehead atoms. The molecule has 30 heavy (non-hydrogen) atoms. The van der Waals surface area contributed by atoms with Gasteiger partial charge in [0, 0.05) is 18.2 Å². The van der Waals surface area contributed by atoms with Crippen LogP contribution < -0.4 is 4.74 Å². The molecule has 0 saturated heterocycles. The van der Waals surface area contributed by atoms with Crippen LogP contribution in [0, 0.1) is 6.92 Å². The number of nitrogens with zero attached hydrogens (tertiary/aromatic N) is 5. The van der Waals surface area contributed by atoms with E-state index in [0.29, 0.717) is 5.75 Å². The van der Waals surface area contributed by atoms with Gasteiger partial charge in [0.15, 0.2) is 0 Å². The highest BCUT2D eigenvalue weighted by Gasteiger charge is 2.34. The van der Waals surface area contributed by atoms with Gasteiger partial charge < -0.3 is 4.74 Å². The van der Waals surface area contributed by atoms with Crippen LogP contribution in [0.3, 0.4) is 0 Å². The van der Waals surface area contributed by atoms with Crippen LogP contribution in [0.15, 0.2) is 53.7 Å². The third-order valence-corrected chi connectivity index (χ3v) is 7.52. The van der Waals surface area contributed by atoms with E-state index in [1.54, 1.807) is 29.6 Å². The van der Waals surface area contributed by atoms with Gasteiger partial charge in [-0.1, -0.05) is 31.0 Å². The highest BCUT2D eigenvalue weighted by molar-refractivity contribution is 7.89. The number of aryl methyl sites for hydroxylation is 1. The number of benzene rings is 2. The number of aromatic nitrogens is 4.